The van der Waals surface area contributed by atoms with Crippen LogP contribution < -0.4 is 5.32 Å². The van der Waals surface area contributed by atoms with Crippen LogP contribution >= 0.6 is 0 Å². The Morgan fingerprint density at radius 2 is 2.30 bits per heavy atom. The summed E-state index contributed by atoms with van der Waals surface area (Å²) < 4.78 is 5.44. The molecule has 1 saturated heterocycles. The Labute approximate surface area is 63.0 Å². The van der Waals surface area contributed by atoms with Gasteiger partial charge in [0.2, 0.25) is 0 Å². The Morgan fingerprint density at radius 3 is 2.70 bits per heavy atom. The molecule has 2 heteroatoms. The third kappa shape index (κ3) is 2.67. The second kappa shape index (κ2) is 3.94. The standard InChI is InChI=1S/C8H17NO/c1-7(2)5-10-6-8-3-4-9-8/h7-9H,3-6H2,1-2H3. The van der Waals surface area contributed by atoms with Crippen molar-refractivity contribution in [3.63, 3.8) is 0 Å². The van der Waals surface area contributed by atoms with Gasteiger partial charge >= 0.3 is 0 Å². The average Bonchev–Trinajstić information content (AvgIpc) is 1.75. The summed E-state index contributed by atoms with van der Waals surface area (Å²) in [5.74, 6) is 0.667. The highest BCUT2D eigenvalue weighted by Gasteiger charge is 2.15. The van der Waals surface area contributed by atoms with Crippen LogP contribution in [0.2, 0.25) is 0 Å². The van der Waals surface area contributed by atoms with Gasteiger partial charge in [-0.25, -0.2) is 0 Å². The van der Waals surface area contributed by atoms with Crippen LogP contribution in [0, 0.1) is 5.92 Å². The summed E-state index contributed by atoms with van der Waals surface area (Å²) >= 11 is 0. The largest absolute Gasteiger partial charge is 0.380 e. The minimum atomic E-state index is 0.652. The molecule has 0 aliphatic carbocycles. The van der Waals surface area contributed by atoms with E-state index >= 15 is 0 Å². The van der Waals surface area contributed by atoms with Gasteiger partial charge in [0.1, 0.15) is 0 Å². The lowest BCUT2D eigenvalue weighted by atomic mass is 10.1. The van der Waals surface area contributed by atoms with Crippen LogP contribution in [-0.2, 0) is 4.74 Å². The van der Waals surface area contributed by atoms with E-state index in [1.54, 1.807) is 0 Å². The van der Waals surface area contributed by atoms with Crippen molar-refractivity contribution in [1.82, 2.24) is 5.32 Å². The summed E-state index contributed by atoms with van der Waals surface area (Å²) in [7, 11) is 0. The highest BCUT2D eigenvalue weighted by molar-refractivity contribution is 4.76. The van der Waals surface area contributed by atoms with E-state index in [1.807, 2.05) is 0 Å². The molecule has 0 aromatic heterocycles. The molecule has 0 amide bonds. The molecule has 1 atom stereocenters. The molecule has 1 unspecified atom stereocenters. The van der Waals surface area contributed by atoms with E-state index in [1.165, 1.54) is 13.0 Å². The zero-order valence-corrected chi connectivity index (χ0v) is 6.89. The van der Waals surface area contributed by atoms with Gasteiger partial charge in [0.25, 0.3) is 0 Å². The van der Waals surface area contributed by atoms with Gasteiger partial charge in [-0.1, -0.05) is 13.8 Å². The normalized spacial score (nSPS) is 24.9. The quantitative estimate of drug-likeness (QED) is 0.634. The van der Waals surface area contributed by atoms with Crippen LogP contribution in [0.3, 0.4) is 0 Å². The molecule has 0 aromatic rings. The van der Waals surface area contributed by atoms with Gasteiger partial charge in [0, 0.05) is 12.6 Å². The van der Waals surface area contributed by atoms with Gasteiger partial charge < -0.3 is 10.1 Å². The molecule has 0 saturated carbocycles. The lowest BCUT2D eigenvalue weighted by Gasteiger charge is -2.27. The minimum absolute atomic E-state index is 0.652. The van der Waals surface area contributed by atoms with Crippen molar-refractivity contribution in [2.45, 2.75) is 26.3 Å². The highest BCUT2D eigenvalue weighted by Crippen LogP contribution is 2.02. The van der Waals surface area contributed by atoms with Gasteiger partial charge in [-0.2, -0.15) is 0 Å². The van der Waals surface area contributed by atoms with Crippen LogP contribution in [-0.4, -0.2) is 25.8 Å². The van der Waals surface area contributed by atoms with E-state index in [9.17, 15) is 0 Å². The van der Waals surface area contributed by atoms with Crippen molar-refractivity contribution in [3.05, 3.63) is 0 Å². The number of rotatable bonds is 4. The topological polar surface area (TPSA) is 21.3 Å². The van der Waals surface area contributed by atoms with E-state index in [2.05, 4.69) is 19.2 Å². The number of nitrogens with one attached hydrogen (secondary N) is 1. The van der Waals surface area contributed by atoms with Crippen molar-refractivity contribution >= 4 is 0 Å². The van der Waals surface area contributed by atoms with E-state index in [0.29, 0.717) is 12.0 Å². The molecule has 0 bridgehead atoms. The maximum absolute atomic E-state index is 5.44. The monoisotopic (exact) mass is 143 g/mol. The maximum Gasteiger partial charge on any atom is 0.0620 e. The summed E-state index contributed by atoms with van der Waals surface area (Å²) in [6.45, 7) is 7.33. The predicted octanol–water partition coefficient (Wildman–Crippen LogP) is 1.02. The summed E-state index contributed by atoms with van der Waals surface area (Å²) in [6.07, 6.45) is 1.29. The maximum atomic E-state index is 5.44. The van der Waals surface area contributed by atoms with Crippen molar-refractivity contribution in [2.75, 3.05) is 19.8 Å². The van der Waals surface area contributed by atoms with Gasteiger partial charge in [0.15, 0.2) is 0 Å². The van der Waals surface area contributed by atoms with Crippen molar-refractivity contribution in [3.8, 4) is 0 Å². The molecule has 0 spiro atoms. The van der Waals surface area contributed by atoms with Crippen LogP contribution in [0.1, 0.15) is 20.3 Å². The second-order valence-corrected chi connectivity index (χ2v) is 3.37. The number of ether oxygens (including phenoxy) is 1. The van der Waals surface area contributed by atoms with Crippen molar-refractivity contribution in [1.29, 1.82) is 0 Å². The lowest BCUT2D eigenvalue weighted by molar-refractivity contribution is 0.0741. The fourth-order valence-corrected chi connectivity index (χ4v) is 0.937. The predicted molar refractivity (Wildman–Crippen MR) is 42.1 cm³/mol. The molecule has 0 radical (unpaired) electrons. The highest BCUT2D eigenvalue weighted by atomic mass is 16.5. The second-order valence-electron chi connectivity index (χ2n) is 3.37. The molecular formula is C8H17NO. The summed E-state index contributed by atoms with van der Waals surface area (Å²) in [5.41, 5.74) is 0. The van der Waals surface area contributed by atoms with Gasteiger partial charge in [0.05, 0.1) is 6.61 Å². The first kappa shape index (κ1) is 8.02. The van der Waals surface area contributed by atoms with E-state index in [0.717, 1.165) is 13.2 Å². The van der Waals surface area contributed by atoms with Crippen molar-refractivity contribution in [2.24, 2.45) is 5.92 Å². The Balaban J connectivity index is 1.85. The molecule has 1 N–H and O–H groups in total. The molecule has 1 aliphatic heterocycles. The Kier molecular flexibility index (Phi) is 3.16. The summed E-state index contributed by atoms with van der Waals surface area (Å²) in [4.78, 5) is 0. The van der Waals surface area contributed by atoms with Crippen LogP contribution in [0.4, 0.5) is 0 Å². The van der Waals surface area contributed by atoms with E-state index in [-0.39, 0.29) is 0 Å². The average molecular weight is 143 g/mol. The third-order valence-electron chi connectivity index (χ3n) is 1.70. The smallest absolute Gasteiger partial charge is 0.0620 e. The van der Waals surface area contributed by atoms with Crippen molar-refractivity contribution < 1.29 is 4.74 Å². The molecule has 1 aliphatic rings. The number of hydrogen-bond acceptors (Lipinski definition) is 2. The molecule has 0 aromatic carbocycles. The Bertz CT molecular complexity index is 89.3. The van der Waals surface area contributed by atoms with Gasteiger partial charge in [-0.05, 0) is 18.9 Å². The first-order valence-electron chi connectivity index (χ1n) is 4.10. The fraction of sp³-hybridized carbons (Fsp3) is 1.00. The Morgan fingerprint density at radius 1 is 1.60 bits per heavy atom. The van der Waals surface area contributed by atoms with Gasteiger partial charge in [-0.3, -0.25) is 0 Å². The molecule has 60 valence electrons. The van der Waals surface area contributed by atoms with Crippen LogP contribution in [0.5, 0.6) is 0 Å². The summed E-state index contributed by atoms with van der Waals surface area (Å²) in [5, 5.41) is 3.29. The molecule has 10 heavy (non-hydrogen) atoms. The van der Waals surface area contributed by atoms with E-state index in [4.69, 9.17) is 4.74 Å². The minimum Gasteiger partial charge on any atom is -0.380 e. The number of hydrogen-bond donors (Lipinski definition) is 1. The molecule has 1 heterocycles. The van der Waals surface area contributed by atoms with Gasteiger partial charge in [-0.15, -0.1) is 0 Å². The summed E-state index contributed by atoms with van der Waals surface area (Å²) in [6, 6.07) is 0.652. The Hall–Kier alpha value is -0.0800. The van der Waals surface area contributed by atoms with E-state index < -0.39 is 0 Å². The fourth-order valence-electron chi connectivity index (χ4n) is 0.937. The molecule has 1 rings (SSSR count). The zero-order valence-electron chi connectivity index (χ0n) is 6.89. The van der Waals surface area contributed by atoms with Crippen LogP contribution in [0.15, 0.2) is 0 Å². The SMILES string of the molecule is CC(C)COCC1CCN1. The van der Waals surface area contributed by atoms with Crippen LogP contribution in [0.25, 0.3) is 0 Å². The first-order chi connectivity index (χ1) is 4.79. The first-order valence-corrected chi connectivity index (χ1v) is 4.10. The molecular weight excluding hydrogens is 126 g/mol. The lowest BCUT2D eigenvalue weighted by Crippen LogP contribution is -2.46. The molecule has 2 nitrogen and oxygen atoms in total. The zero-order chi connectivity index (χ0) is 7.40. The molecule has 1 fully saturated rings. The third-order valence-corrected chi connectivity index (χ3v) is 1.70.